The van der Waals surface area contributed by atoms with Gasteiger partial charge in [0.25, 0.3) is 5.91 Å². The average Bonchev–Trinajstić information content (AvgIpc) is 2.29. The van der Waals surface area contributed by atoms with Gasteiger partial charge in [0.15, 0.2) is 5.54 Å². The minimum atomic E-state index is -0.725. The molecule has 0 bridgehead atoms. The van der Waals surface area contributed by atoms with Crippen LogP contribution in [0.3, 0.4) is 0 Å². The third-order valence-electron chi connectivity index (χ3n) is 1.71. The fourth-order valence-electron chi connectivity index (χ4n) is 1.04. The van der Waals surface area contributed by atoms with E-state index in [1.807, 2.05) is 13.8 Å². The van der Waals surface area contributed by atoms with E-state index in [1.165, 1.54) is 0 Å². The van der Waals surface area contributed by atoms with Gasteiger partial charge in [0, 0.05) is 0 Å². The highest BCUT2D eigenvalue weighted by molar-refractivity contribution is 6.07. The van der Waals surface area contributed by atoms with Crippen molar-refractivity contribution in [1.82, 2.24) is 10.6 Å². The number of amides is 3. The van der Waals surface area contributed by atoms with Gasteiger partial charge < -0.3 is 10.1 Å². The number of carbonyl (C=O) groups excluding carboxylic acids is 2. The van der Waals surface area contributed by atoms with Gasteiger partial charge in [-0.15, -0.1) is 0 Å². The van der Waals surface area contributed by atoms with E-state index in [9.17, 15) is 9.59 Å². The van der Waals surface area contributed by atoms with E-state index in [4.69, 9.17) is 4.74 Å². The van der Waals surface area contributed by atoms with Crippen molar-refractivity contribution in [1.29, 1.82) is 0 Å². The standard InChI is InChI=1S/C5H6N2O3.C2H6/c8-3-5(1-10-2-5)7-4(9)6-3;1-2/h1-2H2,(H2,6,7,8,9);1-2H3. The van der Waals surface area contributed by atoms with Gasteiger partial charge in [-0.1, -0.05) is 13.8 Å². The number of rotatable bonds is 0. The molecule has 0 atom stereocenters. The van der Waals surface area contributed by atoms with Crippen LogP contribution in [0.15, 0.2) is 0 Å². The van der Waals surface area contributed by atoms with Crippen LogP contribution in [0.25, 0.3) is 0 Å². The predicted octanol–water partition coefficient (Wildman–Crippen LogP) is -0.379. The molecule has 68 valence electrons. The van der Waals surface area contributed by atoms with Crippen molar-refractivity contribution in [3.05, 3.63) is 0 Å². The minimum Gasteiger partial charge on any atom is -0.375 e. The first-order valence-corrected chi connectivity index (χ1v) is 3.94. The van der Waals surface area contributed by atoms with Crippen LogP contribution in [-0.2, 0) is 9.53 Å². The van der Waals surface area contributed by atoms with Crippen molar-refractivity contribution in [2.45, 2.75) is 19.4 Å². The quantitative estimate of drug-likeness (QED) is 0.489. The molecule has 0 aromatic carbocycles. The second kappa shape index (κ2) is 3.10. The molecule has 0 unspecified atom stereocenters. The van der Waals surface area contributed by atoms with E-state index in [-0.39, 0.29) is 5.91 Å². The van der Waals surface area contributed by atoms with Gasteiger partial charge in [0.05, 0.1) is 13.2 Å². The summed E-state index contributed by atoms with van der Waals surface area (Å²) in [5.74, 6) is -0.274. The van der Waals surface area contributed by atoms with Crippen molar-refractivity contribution in [2.24, 2.45) is 0 Å². The number of urea groups is 1. The lowest BCUT2D eigenvalue weighted by Gasteiger charge is -2.34. The summed E-state index contributed by atoms with van der Waals surface area (Å²) in [5.41, 5.74) is -0.725. The monoisotopic (exact) mass is 172 g/mol. The highest BCUT2D eigenvalue weighted by Gasteiger charge is 2.52. The van der Waals surface area contributed by atoms with Crippen molar-refractivity contribution < 1.29 is 14.3 Å². The maximum Gasteiger partial charge on any atom is 0.322 e. The maximum absolute atomic E-state index is 10.9. The topological polar surface area (TPSA) is 67.4 Å². The Labute approximate surface area is 70.5 Å². The van der Waals surface area contributed by atoms with E-state index in [0.29, 0.717) is 13.2 Å². The molecule has 2 saturated heterocycles. The Morgan fingerprint density at radius 2 is 1.92 bits per heavy atom. The molecule has 3 amide bonds. The first kappa shape index (κ1) is 8.99. The lowest BCUT2D eigenvalue weighted by Crippen LogP contribution is -2.62. The summed E-state index contributed by atoms with van der Waals surface area (Å²) in [6.45, 7) is 4.59. The SMILES string of the molecule is CC.O=C1NC(=O)C2(COC2)N1. The van der Waals surface area contributed by atoms with Gasteiger partial charge in [0.1, 0.15) is 0 Å². The lowest BCUT2D eigenvalue weighted by atomic mass is 9.99. The van der Waals surface area contributed by atoms with Crippen molar-refractivity contribution in [2.75, 3.05) is 13.2 Å². The van der Waals surface area contributed by atoms with Gasteiger partial charge in [-0.05, 0) is 0 Å². The molecule has 5 heteroatoms. The smallest absolute Gasteiger partial charge is 0.322 e. The molecule has 0 aliphatic carbocycles. The highest BCUT2D eigenvalue weighted by Crippen LogP contribution is 2.19. The summed E-state index contributed by atoms with van der Waals surface area (Å²) in [5, 5.41) is 4.63. The zero-order valence-corrected chi connectivity index (χ0v) is 7.14. The summed E-state index contributed by atoms with van der Waals surface area (Å²) < 4.78 is 4.80. The van der Waals surface area contributed by atoms with Crippen LogP contribution in [0.2, 0.25) is 0 Å². The summed E-state index contributed by atoms with van der Waals surface area (Å²) in [7, 11) is 0. The molecule has 2 aliphatic rings. The predicted molar refractivity (Wildman–Crippen MR) is 41.6 cm³/mol. The molecule has 2 aliphatic heterocycles. The molecular formula is C7H12N2O3. The lowest BCUT2D eigenvalue weighted by molar-refractivity contribution is -0.141. The zero-order chi connectivity index (χ0) is 9.19. The second-order valence-electron chi connectivity index (χ2n) is 2.48. The normalized spacial score (nSPS) is 23.5. The molecule has 1 spiro atoms. The fourth-order valence-corrected chi connectivity index (χ4v) is 1.04. The van der Waals surface area contributed by atoms with Gasteiger partial charge in [-0.3, -0.25) is 10.1 Å². The molecule has 0 aromatic heterocycles. The van der Waals surface area contributed by atoms with Crippen LogP contribution in [0, 0.1) is 0 Å². The largest absolute Gasteiger partial charge is 0.375 e. The number of hydrogen-bond acceptors (Lipinski definition) is 3. The van der Waals surface area contributed by atoms with Crippen molar-refractivity contribution >= 4 is 11.9 Å². The van der Waals surface area contributed by atoms with E-state index in [2.05, 4.69) is 10.6 Å². The van der Waals surface area contributed by atoms with Crippen LogP contribution in [0.1, 0.15) is 13.8 Å². The first-order chi connectivity index (χ1) is 5.73. The van der Waals surface area contributed by atoms with E-state index in [1.54, 1.807) is 0 Å². The summed E-state index contributed by atoms with van der Waals surface area (Å²) in [4.78, 5) is 21.5. The number of ether oxygens (including phenoxy) is 1. The highest BCUT2D eigenvalue weighted by atomic mass is 16.5. The molecule has 2 N–H and O–H groups in total. The molecule has 2 heterocycles. The van der Waals surface area contributed by atoms with Gasteiger partial charge in [0.2, 0.25) is 0 Å². The molecule has 12 heavy (non-hydrogen) atoms. The third-order valence-corrected chi connectivity index (χ3v) is 1.71. The van der Waals surface area contributed by atoms with E-state index < -0.39 is 11.6 Å². The van der Waals surface area contributed by atoms with Crippen LogP contribution in [-0.4, -0.2) is 30.7 Å². The molecule has 0 radical (unpaired) electrons. The van der Waals surface area contributed by atoms with Crippen LogP contribution < -0.4 is 10.6 Å². The van der Waals surface area contributed by atoms with E-state index >= 15 is 0 Å². The Hall–Kier alpha value is -1.10. The second-order valence-corrected chi connectivity index (χ2v) is 2.48. The average molecular weight is 172 g/mol. The van der Waals surface area contributed by atoms with Crippen molar-refractivity contribution in [3.63, 3.8) is 0 Å². The Morgan fingerprint density at radius 1 is 1.33 bits per heavy atom. The summed E-state index contributed by atoms with van der Waals surface area (Å²) >= 11 is 0. The number of hydrogen-bond donors (Lipinski definition) is 2. The Bertz CT molecular complexity index is 211. The molecule has 2 rings (SSSR count). The molecule has 5 nitrogen and oxygen atoms in total. The van der Waals surface area contributed by atoms with Gasteiger partial charge in [-0.25, -0.2) is 4.79 Å². The maximum atomic E-state index is 10.9. The Kier molecular flexibility index (Phi) is 2.32. The third kappa shape index (κ3) is 1.16. The zero-order valence-electron chi connectivity index (χ0n) is 7.14. The van der Waals surface area contributed by atoms with E-state index in [0.717, 1.165) is 0 Å². The van der Waals surface area contributed by atoms with Crippen molar-refractivity contribution in [3.8, 4) is 0 Å². The number of carbonyl (C=O) groups is 2. The summed E-state index contributed by atoms with van der Waals surface area (Å²) in [6, 6.07) is -0.423. The van der Waals surface area contributed by atoms with Gasteiger partial charge in [-0.2, -0.15) is 0 Å². The molecule has 2 fully saturated rings. The minimum absolute atomic E-state index is 0.274. The fraction of sp³-hybridized carbons (Fsp3) is 0.714. The molecular weight excluding hydrogens is 160 g/mol. The van der Waals surface area contributed by atoms with Crippen LogP contribution in [0.5, 0.6) is 0 Å². The molecule has 0 aromatic rings. The van der Waals surface area contributed by atoms with Crippen LogP contribution in [0.4, 0.5) is 4.79 Å². The molecule has 0 saturated carbocycles. The number of imide groups is 1. The summed E-state index contributed by atoms with van der Waals surface area (Å²) in [6.07, 6.45) is 0. The number of nitrogens with one attached hydrogen (secondary N) is 2. The Morgan fingerprint density at radius 3 is 2.08 bits per heavy atom. The Balaban J connectivity index is 0.000000336. The van der Waals surface area contributed by atoms with Gasteiger partial charge >= 0.3 is 6.03 Å². The first-order valence-electron chi connectivity index (χ1n) is 3.94. The van der Waals surface area contributed by atoms with Crippen LogP contribution >= 0.6 is 0 Å².